The average molecular weight is 513 g/mol. The van der Waals surface area contributed by atoms with Crippen molar-refractivity contribution < 1.29 is 27.6 Å². The predicted molar refractivity (Wildman–Crippen MR) is 129 cm³/mol. The quantitative estimate of drug-likeness (QED) is 0.399. The molecule has 0 saturated carbocycles. The molecule has 3 heterocycles. The third-order valence-electron chi connectivity index (χ3n) is 5.34. The molecule has 0 radical (unpaired) electrons. The molecule has 13 heteroatoms. The lowest BCUT2D eigenvalue weighted by Gasteiger charge is -2.13. The number of benzene rings is 1. The molecule has 0 saturated heterocycles. The van der Waals surface area contributed by atoms with Gasteiger partial charge in [-0.2, -0.15) is 18.3 Å². The first-order valence-electron chi connectivity index (χ1n) is 11.2. The second-order valence-electron chi connectivity index (χ2n) is 8.12. The maximum atomic E-state index is 12.9. The molecule has 0 spiro atoms. The van der Waals surface area contributed by atoms with Crippen LogP contribution >= 0.6 is 0 Å². The standard InChI is InChI=1S/C24H22F3N7O3/c25-24(26,27)20-3-1-2-19(32-20)23(37)31-17-4-5-18-16(12-17)13-34(33-18)14-21(35)29-10-11-30-22(36)15-6-8-28-9-7-15/h1-6,8-9,12-13,15H,7,10-11,14H2,(H,29,35)(H,30,36)(H,31,37). The lowest BCUT2D eigenvalue weighted by atomic mass is 10.0. The fourth-order valence-electron chi connectivity index (χ4n) is 3.53. The molecule has 1 aliphatic heterocycles. The lowest BCUT2D eigenvalue weighted by Crippen LogP contribution is -2.38. The Hall–Kier alpha value is -4.55. The van der Waals surface area contributed by atoms with Crippen molar-refractivity contribution in [3.05, 3.63) is 66.3 Å². The maximum Gasteiger partial charge on any atom is 0.433 e. The van der Waals surface area contributed by atoms with Crippen molar-refractivity contribution in [2.24, 2.45) is 10.9 Å². The highest BCUT2D eigenvalue weighted by Gasteiger charge is 2.33. The van der Waals surface area contributed by atoms with Crippen molar-refractivity contribution in [2.45, 2.75) is 19.1 Å². The third kappa shape index (κ3) is 6.78. The monoisotopic (exact) mass is 513 g/mol. The van der Waals surface area contributed by atoms with Crippen molar-refractivity contribution in [3.8, 4) is 0 Å². The van der Waals surface area contributed by atoms with Gasteiger partial charge in [0, 0.05) is 42.8 Å². The first-order valence-corrected chi connectivity index (χ1v) is 11.2. The number of amides is 3. The van der Waals surface area contributed by atoms with Gasteiger partial charge in [-0.1, -0.05) is 12.1 Å². The predicted octanol–water partition coefficient (Wildman–Crippen LogP) is 2.54. The Morgan fingerprint density at radius 2 is 1.89 bits per heavy atom. The molecule has 4 rings (SSSR count). The van der Waals surface area contributed by atoms with E-state index in [0.717, 1.165) is 12.1 Å². The molecule has 0 bridgehead atoms. The van der Waals surface area contributed by atoms with Gasteiger partial charge in [0.1, 0.15) is 17.9 Å². The number of hydrogen-bond donors (Lipinski definition) is 3. The molecule has 0 fully saturated rings. The van der Waals surface area contributed by atoms with E-state index in [0.29, 0.717) is 23.0 Å². The summed E-state index contributed by atoms with van der Waals surface area (Å²) in [5.41, 5.74) is -0.647. The highest BCUT2D eigenvalue weighted by atomic mass is 19.4. The van der Waals surface area contributed by atoms with Crippen molar-refractivity contribution >= 4 is 40.5 Å². The molecule has 1 aliphatic rings. The first-order chi connectivity index (χ1) is 17.7. The van der Waals surface area contributed by atoms with Crippen LogP contribution in [0.1, 0.15) is 22.6 Å². The Kier molecular flexibility index (Phi) is 7.60. The summed E-state index contributed by atoms with van der Waals surface area (Å²) < 4.78 is 40.0. The lowest BCUT2D eigenvalue weighted by molar-refractivity contribution is -0.141. The number of carbonyl (C=O) groups excluding carboxylic acids is 3. The van der Waals surface area contributed by atoms with Crippen LogP contribution in [0, 0.1) is 5.92 Å². The van der Waals surface area contributed by atoms with Gasteiger partial charge in [-0.05, 0) is 36.8 Å². The highest BCUT2D eigenvalue weighted by Crippen LogP contribution is 2.27. The fourth-order valence-corrected chi connectivity index (χ4v) is 3.53. The molecule has 1 unspecified atom stereocenters. The van der Waals surface area contributed by atoms with Gasteiger partial charge in [-0.3, -0.25) is 24.1 Å². The zero-order valence-electron chi connectivity index (χ0n) is 19.3. The van der Waals surface area contributed by atoms with E-state index >= 15 is 0 Å². The normalized spacial score (nSPS) is 14.9. The van der Waals surface area contributed by atoms with Gasteiger partial charge in [-0.15, -0.1) is 0 Å². The number of pyridine rings is 1. The van der Waals surface area contributed by atoms with Crippen LogP contribution in [0.4, 0.5) is 18.9 Å². The number of halogens is 3. The third-order valence-corrected chi connectivity index (χ3v) is 5.34. The van der Waals surface area contributed by atoms with Gasteiger partial charge < -0.3 is 16.0 Å². The van der Waals surface area contributed by atoms with Gasteiger partial charge in [0.25, 0.3) is 5.91 Å². The summed E-state index contributed by atoms with van der Waals surface area (Å²) in [6, 6.07) is 7.82. The molecule has 192 valence electrons. The van der Waals surface area contributed by atoms with Gasteiger partial charge in [0.15, 0.2) is 0 Å². The molecule has 3 N–H and O–H groups in total. The van der Waals surface area contributed by atoms with Crippen LogP contribution in [0.25, 0.3) is 10.9 Å². The molecule has 10 nitrogen and oxygen atoms in total. The molecule has 0 aliphatic carbocycles. The number of rotatable bonds is 8. The van der Waals surface area contributed by atoms with Gasteiger partial charge in [0.2, 0.25) is 11.8 Å². The number of aromatic nitrogens is 3. The van der Waals surface area contributed by atoms with E-state index in [4.69, 9.17) is 0 Å². The molecule has 1 atom stereocenters. The summed E-state index contributed by atoms with van der Waals surface area (Å²) in [5.74, 6) is -1.50. The largest absolute Gasteiger partial charge is 0.433 e. The van der Waals surface area contributed by atoms with Crippen LogP contribution in [-0.4, -0.2) is 51.8 Å². The molecule has 3 amide bonds. The number of alkyl halides is 3. The van der Waals surface area contributed by atoms with E-state index in [1.807, 2.05) is 0 Å². The maximum absolute atomic E-state index is 12.9. The second-order valence-corrected chi connectivity index (χ2v) is 8.12. The topological polar surface area (TPSA) is 130 Å². The molecule has 1 aromatic carbocycles. The van der Waals surface area contributed by atoms with Gasteiger partial charge >= 0.3 is 6.18 Å². The number of carbonyl (C=O) groups is 3. The van der Waals surface area contributed by atoms with Crippen molar-refractivity contribution in [2.75, 3.05) is 18.4 Å². The first kappa shape index (κ1) is 25.5. The zero-order chi connectivity index (χ0) is 26.4. The number of nitrogens with one attached hydrogen (secondary N) is 3. The van der Waals surface area contributed by atoms with Crippen LogP contribution in [0.15, 0.2) is 59.9 Å². The molecule has 3 aromatic rings. The zero-order valence-corrected chi connectivity index (χ0v) is 19.3. The van der Waals surface area contributed by atoms with Crippen LogP contribution < -0.4 is 16.0 Å². The van der Waals surface area contributed by atoms with Gasteiger partial charge in [-0.25, -0.2) is 4.98 Å². The number of aliphatic imine (C=N–C) groups is 1. The van der Waals surface area contributed by atoms with Crippen molar-refractivity contribution in [1.29, 1.82) is 0 Å². The van der Waals surface area contributed by atoms with E-state index in [1.54, 1.807) is 42.9 Å². The van der Waals surface area contributed by atoms with Crippen LogP contribution in [0.5, 0.6) is 0 Å². The summed E-state index contributed by atoms with van der Waals surface area (Å²) in [7, 11) is 0. The minimum Gasteiger partial charge on any atom is -0.354 e. The minimum absolute atomic E-state index is 0.0691. The number of nitrogens with zero attached hydrogens (tertiary/aromatic N) is 4. The Labute approximate surface area is 208 Å². The summed E-state index contributed by atoms with van der Waals surface area (Å²) in [6.07, 6.45) is 2.45. The highest BCUT2D eigenvalue weighted by molar-refractivity contribution is 6.03. The number of fused-ring (bicyclic) bond motifs is 1. The Balaban J connectivity index is 1.29. The molecule has 37 heavy (non-hydrogen) atoms. The summed E-state index contributed by atoms with van der Waals surface area (Å²) in [4.78, 5) is 44.0. The van der Waals surface area contributed by atoms with Crippen LogP contribution in [-0.2, 0) is 22.3 Å². The fraction of sp³-hybridized carbons (Fsp3) is 0.250. The smallest absolute Gasteiger partial charge is 0.354 e. The molecular formula is C24H22F3N7O3. The molecular weight excluding hydrogens is 491 g/mol. The Bertz CT molecular complexity index is 1380. The molecule has 2 aromatic heterocycles. The second kappa shape index (κ2) is 11.0. The van der Waals surface area contributed by atoms with Crippen molar-refractivity contribution in [1.82, 2.24) is 25.4 Å². The van der Waals surface area contributed by atoms with E-state index < -0.39 is 17.8 Å². The average Bonchev–Trinajstić information content (AvgIpc) is 3.28. The Morgan fingerprint density at radius 1 is 1.08 bits per heavy atom. The van der Waals surface area contributed by atoms with Crippen LogP contribution in [0.3, 0.4) is 0 Å². The van der Waals surface area contributed by atoms with Gasteiger partial charge in [0.05, 0.1) is 11.4 Å². The number of hydrogen-bond acceptors (Lipinski definition) is 6. The summed E-state index contributed by atoms with van der Waals surface area (Å²) in [6.45, 7) is 0.451. The minimum atomic E-state index is -4.66. The summed E-state index contributed by atoms with van der Waals surface area (Å²) in [5, 5.41) is 12.9. The van der Waals surface area contributed by atoms with Crippen molar-refractivity contribution in [3.63, 3.8) is 0 Å². The van der Waals surface area contributed by atoms with E-state index in [1.165, 1.54) is 10.7 Å². The van der Waals surface area contributed by atoms with E-state index in [2.05, 4.69) is 31.0 Å². The van der Waals surface area contributed by atoms with E-state index in [-0.39, 0.29) is 43.1 Å². The SMILES string of the molecule is O=C(Cn1cc2cc(NC(=O)c3cccc(C(F)(F)F)n3)ccc2n1)NCCNC(=O)C1C=CN=CC1. The Morgan fingerprint density at radius 3 is 2.65 bits per heavy atom. The summed E-state index contributed by atoms with van der Waals surface area (Å²) >= 11 is 0. The van der Waals surface area contributed by atoms with Crippen LogP contribution in [0.2, 0.25) is 0 Å². The number of anilines is 1. The van der Waals surface area contributed by atoms with E-state index in [9.17, 15) is 27.6 Å².